The summed E-state index contributed by atoms with van der Waals surface area (Å²) in [6, 6.07) is 10.8. The van der Waals surface area contributed by atoms with Crippen LogP contribution < -0.4 is 14.8 Å². The monoisotopic (exact) mass is 499 g/mol. The van der Waals surface area contributed by atoms with E-state index in [4.69, 9.17) is 4.74 Å². The van der Waals surface area contributed by atoms with Crippen molar-refractivity contribution in [3.8, 4) is 5.75 Å². The van der Waals surface area contributed by atoms with Gasteiger partial charge in [-0.05, 0) is 67.9 Å². The van der Waals surface area contributed by atoms with Crippen LogP contribution in [0.4, 0.5) is 5.82 Å². The van der Waals surface area contributed by atoms with Crippen LogP contribution in [0.2, 0.25) is 0 Å². The van der Waals surface area contributed by atoms with Crippen LogP contribution in [0.1, 0.15) is 74.8 Å². The van der Waals surface area contributed by atoms with Gasteiger partial charge in [-0.15, -0.1) is 0 Å². The summed E-state index contributed by atoms with van der Waals surface area (Å²) in [6.45, 7) is 1.98. The highest BCUT2D eigenvalue weighted by molar-refractivity contribution is 7.90. The normalized spacial score (nSPS) is 23.7. The number of nitrogens with zero attached hydrogens (tertiary/aromatic N) is 1. The standard InChI is InChI=1S/C26H33N3O5S/c1-17-10-11-21(18-6-3-2-4-7-18)22(14-17)34-26(12-13-26)25(31)29-35(32,33)24-9-5-8-23(28-24)27-19-15-20(30)16-19/h5,8-11,14,18-20,30H,2-4,6-7,12-13,15-16H2,1H3,(H,27,28)(H,29,31). The fourth-order valence-corrected chi connectivity index (χ4v) is 6.02. The number of anilines is 1. The average molecular weight is 500 g/mol. The lowest BCUT2D eigenvalue weighted by atomic mass is 9.83. The summed E-state index contributed by atoms with van der Waals surface area (Å²) in [5, 5.41) is 12.3. The summed E-state index contributed by atoms with van der Waals surface area (Å²) in [5.41, 5.74) is 0.969. The van der Waals surface area contributed by atoms with Gasteiger partial charge in [0.2, 0.25) is 0 Å². The molecule has 2 aromatic rings. The van der Waals surface area contributed by atoms with Crippen LogP contribution in [-0.2, 0) is 14.8 Å². The van der Waals surface area contributed by atoms with Gasteiger partial charge in [-0.3, -0.25) is 4.79 Å². The van der Waals surface area contributed by atoms with Crippen LogP contribution >= 0.6 is 0 Å². The van der Waals surface area contributed by atoms with E-state index in [2.05, 4.69) is 27.2 Å². The van der Waals surface area contributed by atoms with Crippen molar-refractivity contribution in [1.29, 1.82) is 0 Å². The Morgan fingerprint density at radius 1 is 1.11 bits per heavy atom. The van der Waals surface area contributed by atoms with Crippen LogP contribution in [-0.4, -0.2) is 42.2 Å². The van der Waals surface area contributed by atoms with E-state index in [1.54, 1.807) is 12.1 Å². The summed E-state index contributed by atoms with van der Waals surface area (Å²) in [4.78, 5) is 17.3. The molecular formula is C26H33N3O5S. The molecule has 0 spiro atoms. The number of nitrogens with one attached hydrogen (secondary N) is 2. The zero-order chi connectivity index (χ0) is 24.6. The zero-order valence-electron chi connectivity index (χ0n) is 20.0. The number of aryl methyl sites for hydroxylation is 1. The van der Waals surface area contributed by atoms with E-state index in [0.717, 1.165) is 24.0 Å². The molecule has 1 amide bonds. The van der Waals surface area contributed by atoms with Crippen molar-refractivity contribution in [3.05, 3.63) is 47.5 Å². The molecule has 0 saturated heterocycles. The SMILES string of the molecule is Cc1ccc(C2CCCCC2)c(OC2(C(=O)NS(=O)(=O)c3cccc(NC4CC(O)C4)n3)CC2)c1. The van der Waals surface area contributed by atoms with Gasteiger partial charge < -0.3 is 15.2 Å². The van der Waals surface area contributed by atoms with Crippen molar-refractivity contribution >= 4 is 21.7 Å². The van der Waals surface area contributed by atoms with Crippen LogP contribution in [0.3, 0.4) is 0 Å². The second kappa shape index (κ2) is 9.43. The first-order chi connectivity index (χ1) is 16.7. The minimum Gasteiger partial charge on any atom is -0.477 e. The summed E-state index contributed by atoms with van der Waals surface area (Å²) >= 11 is 0. The number of aliphatic hydroxyl groups is 1. The third kappa shape index (κ3) is 5.30. The Kier molecular flexibility index (Phi) is 6.48. The van der Waals surface area contributed by atoms with E-state index in [9.17, 15) is 18.3 Å². The number of carbonyl (C=O) groups is 1. The molecule has 3 fully saturated rings. The van der Waals surface area contributed by atoms with E-state index < -0.39 is 21.5 Å². The minimum absolute atomic E-state index is 0.0564. The number of carbonyl (C=O) groups excluding carboxylic acids is 1. The Hall–Kier alpha value is -2.65. The van der Waals surface area contributed by atoms with Crippen LogP contribution in [0, 0.1) is 6.92 Å². The molecule has 35 heavy (non-hydrogen) atoms. The molecule has 1 aromatic carbocycles. The Morgan fingerprint density at radius 3 is 2.54 bits per heavy atom. The summed E-state index contributed by atoms with van der Waals surface area (Å²) in [5.74, 6) is 0.828. The van der Waals surface area contributed by atoms with Crippen molar-refractivity contribution in [2.45, 2.75) is 93.4 Å². The van der Waals surface area contributed by atoms with E-state index >= 15 is 0 Å². The van der Waals surface area contributed by atoms with Crippen LogP contribution in [0.15, 0.2) is 41.4 Å². The molecule has 8 nitrogen and oxygen atoms in total. The first-order valence-corrected chi connectivity index (χ1v) is 14.0. The van der Waals surface area contributed by atoms with Crippen molar-refractivity contribution in [2.75, 3.05) is 5.32 Å². The lowest BCUT2D eigenvalue weighted by Gasteiger charge is -2.32. The smallest absolute Gasteiger partial charge is 0.281 e. The van der Waals surface area contributed by atoms with Gasteiger partial charge >= 0.3 is 0 Å². The summed E-state index contributed by atoms with van der Waals surface area (Å²) in [7, 11) is -4.17. The van der Waals surface area contributed by atoms with Gasteiger partial charge in [-0.1, -0.05) is 37.5 Å². The number of pyridine rings is 1. The number of aromatic nitrogens is 1. The van der Waals surface area contributed by atoms with Gasteiger partial charge in [-0.2, -0.15) is 8.42 Å². The summed E-state index contributed by atoms with van der Waals surface area (Å²) < 4.78 is 34.5. The molecule has 1 aromatic heterocycles. The van der Waals surface area contributed by atoms with Gasteiger partial charge in [0.1, 0.15) is 11.6 Å². The molecule has 3 aliphatic carbocycles. The molecule has 0 unspecified atom stereocenters. The number of hydrogen-bond acceptors (Lipinski definition) is 7. The highest BCUT2D eigenvalue weighted by atomic mass is 32.2. The van der Waals surface area contributed by atoms with Gasteiger partial charge in [0, 0.05) is 18.9 Å². The number of rotatable bonds is 8. The van der Waals surface area contributed by atoms with Crippen molar-refractivity contribution in [3.63, 3.8) is 0 Å². The predicted octanol–water partition coefficient (Wildman–Crippen LogP) is 3.79. The van der Waals surface area contributed by atoms with E-state index in [-0.39, 0.29) is 17.2 Å². The van der Waals surface area contributed by atoms with E-state index in [1.165, 1.54) is 25.3 Å². The molecule has 1 heterocycles. The Labute approximate surface area is 206 Å². The maximum atomic E-state index is 13.2. The molecular weight excluding hydrogens is 466 g/mol. The molecule has 0 radical (unpaired) electrons. The van der Waals surface area contributed by atoms with Crippen molar-refractivity contribution in [1.82, 2.24) is 9.71 Å². The molecule has 0 aliphatic heterocycles. The van der Waals surface area contributed by atoms with Gasteiger partial charge in [0.15, 0.2) is 10.6 Å². The van der Waals surface area contributed by atoms with Gasteiger partial charge in [0.25, 0.3) is 15.9 Å². The van der Waals surface area contributed by atoms with Crippen LogP contribution in [0.5, 0.6) is 5.75 Å². The highest BCUT2D eigenvalue weighted by Gasteiger charge is 2.54. The third-order valence-corrected chi connectivity index (χ3v) is 8.56. The Bertz CT molecular complexity index is 1200. The second-order valence-corrected chi connectivity index (χ2v) is 11.9. The maximum absolute atomic E-state index is 13.2. The van der Waals surface area contributed by atoms with Gasteiger partial charge in [-0.25, -0.2) is 9.71 Å². The minimum atomic E-state index is -4.17. The lowest BCUT2D eigenvalue weighted by Crippen LogP contribution is -2.43. The molecule has 0 bridgehead atoms. The Morgan fingerprint density at radius 2 is 1.86 bits per heavy atom. The van der Waals surface area contributed by atoms with E-state index in [0.29, 0.717) is 43.2 Å². The molecule has 3 saturated carbocycles. The van der Waals surface area contributed by atoms with Crippen LogP contribution in [0.25, 0.3) is 0 Å². The molecule has 0 atom stereocenters. The maximum Gasteiger partial charge on any atom is 0.281 e. The molecule has 3 aliphatic rings. The zero-order valence-corrected chi connectivity index (χ0v) is 20.8. The number of amides is 1. The number of sulfonamides is 1. The first kappa shape index (κ1) is 24.1. The average Bonchev–Trinajstić information content (AvgIpc) is 3.59. The third-order valence-electron chi connectivity index (χ3n) is 7.33. The largest absolute Gasteiger partial charge is 0.477 e. The topological polar surface area (TPSA) is 118 Å². The van der Waals surface area contributed by atoms with Crippen molar-refractivity contribution < 1.29 is 23.1 Å². The Balaban J connectivity index is 1.30. The van der Waals surface area contributed by atoms with Crippen molar-refractivity contribution in [2.24, 2.45) is 0 Å². The van der Waals surface area contributed by atoms with Gasteiger partial charge in [0.05, 0.1) is 6.10 Å². The summed E-state index contributed by atoms with van der Waals surface area (Å²) in [6.07, 6.45) is 7.60. The number of benzene rings is 1. The lowest BCUT2D eigenvalue weighted by molar-refractivity contribution is -0.128. The van der Waals surface area contributed by atoms with E-state index in [1.807, 2.05) is 13.0 Å². The highest BCUT2D eigenvalue weighted by Crippen LogP contribution is 2.45. The number of hydrogen-bond donors (Lipinski definition) is 3. The number of aliphatic hydroxyl groups excluding tert-OH is 1. The molecule has 3 N–H and O–H groups in total. The molecule has 188 valence electrons. The predicted molar refractivity (Wildman–Crippen MR) is 132 cm³/mol. The quantitative estimate of drug-likeness (QED) is 0.506. The fourth-order valence-electron chi connectivity index (χ4n) is 5.01. The number of ether oxygens (including phenoxy) is 1. The fraction of sp³-hybridized carbons (Fsp3) is 0.538. The first-order valence-electron chi connectivity index (χ1n) is 12.5. The second-order valence-electron chi connectivity index (χ2n) is 10.2. The molecule has 5 rings (SSSR count). The molecule has 9 heteroatoms.